The van der Waals surface area contributed by atoms with Crippen molar-refractivity contribution in [3.05, 3.63) is 101 Å². The Morgan fingerprint density at radius 1 is 0.875 bits per heavy atom. The average molecular weight is 542 g/mol. The van der Waals surface area contributed by atoms with Gasteiger partial charge in [-0.2, -0.15) is 0 Å². The summed E-state index contributed by atoms with van der Waals surface area (Å²) in [7, 11) is 0. The van der Waals surface area contributed by atoms with Gasteiger partial charge in [0.2, 0.25) is 11.8 Å². The molecule has 0 aromatic heterocycles. The van der Waals surface area contributed by atoms with E-state index in [2.05, 4.69) is 29.2 Å². The van der Waals surface area contributed by atoms with Crippen LogP contribution in [0.5, 0.6) is 5.75 Å². The van der Waals surface area contributed by atoms with E-state index >= 15 is 0 Å². The maximum atomic E-state index is 13.2. The number of carbonyl (C=O) groups excluding carboxylic acids is 3. The van der Waals surface area contributed by atoms with E-state index in [0.29, 0.717) is 17.9 Å². The molecule has 0 unspecified atom stereocenters. The first-order valence-corrected chi connectivity index (χ1v) is 13.8. The summed E-state index contributed by atoms with van der Waals surface area (Å²) >= 11 is 0. The topological polar surface area (TPSA) is 79.4 Å². The van der Waals surface area contributed by atoms with Crippen LogP contribution < -0.4 is 4.74 Å². The maximum Gasteiger partial charge on any atom is 0.255 e. The molecular weight excluding hydrogens is 506 g/mol. The summed E-state index contributed by atoms with van der Waals surface area (Å²) in [5.41, 5.74) is 4.44. The van der Waals surface area contributed by atoms with Crippen LogP contribution in [-0.2, 0) is 40.6 Å². The second-order valence-corrected chi connectivity index (χ2v) is 10.1. The van der Waals surface area contributed by atoms with Gasteiger partial charge in [-0.3, -0.25) is 24.2 Å². The molecule has 0 saturated carbocycles. The summed E-state index contributed by atoms with van der Waals surface area (Å²) in [6.07, 6.45) is 0.207. The van der Waals surface area contributed by atoms with Crippen LogP contribution >= 0.6 is 0 Å². The van der Waals surface area contributed by atoms with Gasteiger partial charge in [0.1, 0.15) is 18.9 Å². The number of benzene rings is 3. The third kappa shape index (κ3) is 6.58. The summed E-state index contributed by atoms with van der Waals surface area (Å²) in [6.45, 7) is 6.74. The van der Waals surface area contributed by atoms with Crippen molar-refractivity contribution in [2.45, 2.75) is 39.6 Å². The van der Waals surface area contributed by atoms with E-state index in [4.69, 9.17) is 9.47 Å². The van der Waals surface area contributed by atoms with Crippen LogP contribution in [0.25, 0.3) is 0 Å². The van der Waals surface area contributed by atoms with Crippen molar-refractivity contribution in [2.24, 2.45) is 0 Å². The average Bonchev–Trinajstić information content (AvgIpc) is 3.31. The Labute approximate surface area is 235 Å². The Hall–Kier alpha value is -4.01. The first-order chi connectivity index (χ1) is 19.5. The van der Waals surface area contributed by atoms with E-state index in [0.717, 1.165) is 49.5 Å². The second kappa shape index (κ2) is 12.9. The zero-order valence-corrected chi connectivity index (χ0v) is 22.9. The first kappa shape index (κ1) is 27.6. The van der Waals surface area contributed by atoms with Gasteiger partial charge >= 0.3 is 0 Å². The molecule has 2 aliphatic rings. The quantitative estimate of drug-likeness (QED) is 0.386. The van der Waals surface area contributed by atoms with Gasteiger partial charge in [-0.1, -0.05) is 67.6 Å². The van der Waals surface area contributed by atoms with Crippen molar-refractivity contribution in [2.75, 3.05) is 32.8 Å². The Morgan fingerprint density at radius 3 is 2.33 bits per heavy atom. The standard InChI is InChI=1S/C32H35N3O5/c1-2-30(36)35(20-24-7-4-3-5-8-24)31(37)22-34-21-28-27(32(34)38)9-6-10-29(28)40-23-26-13-11-25(12-14-26)19-33-15-17-39-18-16-33/h3-14H,2,15-23H2,1H3. The Kier molecular flexibility index (Phi) is 8.88. The van der Waals surface area contributed by atoms with Crippen LogP contribution in [0.1, 0.15) is 46.0 Å². The number of nitrogens with zero attached hydrogens (tertiary/aromatic N) is 3. The minimum absolute atomic E-state index is 0.171. The van der Waals surface area contributed by atoms with Crippen molar-refractivity contribution in [1.29, 1.82) is 0 Å². The molecule has 0 radical (unpaired) electrons. The third-order valence-corrected chi connectivity index (χ3v) is 7.34. The minimum Gasteiger partial charge on any atom is -0.489 e. The maximum absolute atomic E-state index is 13.2. The highest BCUT2D eigenvalue weighted by Gasteiger charge is 2.33. The largest absolute Gasteiger partial charge is 0.489 e. The number of fused-ring (bicyclic) bond motifs is 1. The number of carbonyl (C=O) groups is 3. The molecule has 8 heteroatoms. The monoisotopic (exact) mass is 541 g/mol. The molecule has 1 saturated heterocycles. The van der Waals surface area contributed by atoms with Crippen LogP contribution in [0.2, 0.25) is 0 Å². The zero-order chi connectivity index (χ0) is 27.9. The number of hydrogen-bond donors (Lipinski definition) is 0. The molecule has 5 rings (SSSR count). The fourth-order valence-electron chi connectivity index (χ4n) is 5.07. The molecule has 208 valence electrons. The second-order valence-electron chi connectivity index (χ2n) is 10.1. The summed E-state index contributed by atoms with van der Waals surface area (Å²) in [5.74, 6) is -0.261. The Bertz CT molecular complexity index is 1340. The van der Waals surface area contributed by atoms with Crippen LogP contribution in [0.3, 0.4) is 0 Å². The third-order valence-electron chi connectivity index (χ3n) is 7.34. The fraction of sp³-hybridized carbons (Fsp3) is 0.344. The van der Waals surface area contributed by atoms with Crippen molar-refractivity contribution < 1.29 is 23.9 Å². The first-order valence-electron chi connectivity index (χ1n) is 13.8. The molecule has 0 bridgehead atoms. The lowest BCUT2D eigenvalue weighted by Gasteiger charge is -2.26. The lowest BCUT2D eigenvalue weighted by Crippen LogP contribution is -2.43. The predicted octanol–water partition coefficient (Wildman–Crippen LogP) is 4.02. The van der Waals surface area contributed by atoms with Gasteiger partial charge in [0.15, 0.2) is 0 Å². The lowest BCUT2D eigenvalue weighted by molar-refractivity contribution is -0.145. The highest BCUT2D eigenvalue weighted by molar-refractivity contribution is 6.03. The summed E-state index contributed by atoms with van der Waals surface area (Å²) in [5, 5.41) is 0. The molecule has 0 N–H and O–H groups in total. The van der Waals surface area contributed by atoms with Crippen LogP contribution in [0, 0.1) is 0 Å². The lowest BCUT2D eigenvalue weighted by atomic mass is 10.1. The molecule has 0 spiro atoms. The van der Waals surface area contributed by atoms with Crippen LogP contribution in [-0.4, -0.2) is 65.3 Å². The van der Waals surface area contributed by atoms with E-state index in [1.807, 2.05) is 36.4 Å². The van der Waals surface area contributed by atoms with Crippen molar-refractivity contribution in [3.63, 3.8) is 0 Å². The number of rotatable bonds is 10. The smallest absolute Gasteiger partial charge is 0.255 e. The SMILES string of the molecule is CCC(=O)N(Cc1ccccc1)C(=O)CN1Cc2c(OCc3ccc(CN4CCOCC4)cc3)cccc2C1=O. The van der Waals surface area contributed by atoms with Crippen molar-refractivity contribution >= 4 is 17.7 Å². The number of morpholine rings is 1. The van der Waals surface area contributed by atoms with Gasteiger partial charge in [0.25, 0.3) is 5.91 Å². The Morgan fingerprint density at radius 2 is 1.60 bits per heavy atom. The van der Waals surface area contributed by atoms with Crippen LogP contribution in [0.15, 0.2) is 72.8 Å². The molecular formula is C32H35N3O5. The molecule has 40 heavy (non-hydrogen) atoms. The highest BCUT2D eigenvalue weighted by atomic mass is 16.5. The molecule has 3 amide bonds. The molecule has 3 aromatic carbocycles. The normalized spacial score (nSPS) is 15.1. The number of amides is 3. The van der Waals surface area contributed by atoms with Gasteiger partial charge < -0.3 is 14.4 Å². The number of hydrogen-bond acceptors (Lipinski definition) is 6. The van der Waals surface area contributed by atoms with E-state index in [1.54, 1.807) is 19.1 Å². The molecule has 8 nitrogen and oxygen atoms in total. The minimum atomic E-state index is -0.392. The molecule has 2 aliphatic heterocycles. The Balaban J connectivity index is 1.21. The van der Waals surface area contributed by atoms with E-state index in [9.17, 15) is 14.4 Å². The van der Waals surface area contributed by atoms with E-state index in [-0.39, 0.29) is 37.9 Å². The van der Waals surface area contributed by atoms with Gasteiger partial charge in [0.05, 0.1) is 26.3 Å². The van der Waals surface area contributed by atoms with Crippen LogP contribution in [0.4, 0.5) is 0 Å². The molecule has 3 aromatic rings. The van der Waals surface area contributed by atoms with Gasteiger partial charge in [-0.15, -0.1) is 0 Å². The summed E-state index contributed by atoms with van der Waals surface area (Å²) in [6, 6.07) is 23.2. The fourth-order valence-corrected chi connectivity index (χ4v) is 5.07. The number of imide groups is 1. The van der Waals surface area contributed by atoms with Gasteiger partial charge in [-0.05, 0) is 28.8 Å². The number of ether oxygens (including phenoxy) is 2. The van der Waals surface area contributed by atoms with E-state index < -0.39 is 5.91 Å². The van der Waals surface area contributed by atoms with E-state index in [1.165, 1.54) is 15.4 Å². The highest BCUT2D eigenvalue weighted by Crippen LogP contribution is 2.31. The summed E-state index contributed by atoms with van der Waals surface area (Å²) in [4.78, 5) is 44.1. The van der Waals surface area contributed by atoms with Gasteiger partial charge in [0, 0.05) is 37.2 Å². The van der Waals surface area contributed by atoms with Crippen molar-refractivity contribution in [1.82, 2.24) is 14.7 Å². The molecule has 1 fully saturated rings. The molecule has 0 atom stereocenters. The summed E-state index contributed by atoms with van der Waals surface area (Å²) < 4.78 is 11.6. The van der Waals surface area contributed by atoms with Crippen molar-refractivity contribution in [3.8, 4) is 5.75 Å². The zero-order valence-electron chi connectivity index (χ0n) is 22.9. The molecule has 2 heterocycles. The predicted molar refractivity (Wildman–Crippen MR) is 150 cm³/mol. The molecule has 0 aliphatic carbocycles. The van der Waals surface area contributed by atoms with Gasteiger partial charge in [-0.25, -0.2) is 0 Å².